The molecule has 5 saturated carbocycles. The van der Waals surface area contributed by atoms with E-state index in [-0.39, 0.29) is 44.9 Å². The Labute approximate surface area is 283 Å². The fourth-order valence-corrected chi connectivity index (χ4v) is 13.3. The predicted octanol–water partition coefficient (Wildman–Crippen LogP) is 8.43. The molecule has 0 aromatic heterocycles. The van der Waals surface area contributed by atoms with Crippen molar-refractivity contribution in [1.82, 2.24) is 5.32 Å². The van der Waals surface area contributed by atoms with E-state index in [2.05, 4.69) is 65.6 Å². The van der Waals surface area contributed by atoms with Gasteiger partial charge in [0.15, 0.2) is 0 Å². The van der Waals surface area contributed by atoms with Crippen LogP contribution in [-0.4, -0.2) is 30.1 Å². The first-order valence-corrected chi connectivity index (χ1v) is 18.3. The molecule has 1 aromatic rings. The third kappa shape index (κ3) is 5.12. The van der Waals surface area contributed by atoms with Crippen LogP contribution in [0.1, 0.15) is 119 Å². The molecule has 6 nitrogen and oxygen atoms in total. The van der Waals surface area contributed by atoms with E-state index in [1.54, 1.807) is 0 Å². The molecular weight excluding hydrogens is 586 g/mol. The van der Waals surface area contributed by atoms with Gasteiger partial charge in [0.1, 0.15) is 12.2 Å². The molecule has 1 N–H and O–H groups in total. The van der Waals surface area contributed by atoms with Crippen molar-refractivity contribution in [3.8, 4) is 0 Å². The maximum Gasteiger partial charge on any atom is 0.303 e. The number of rotatable bonds is 6. The molecule has 11 atom stereocenters. The lowest BCUT2D eigenvalue weighted by atomic mass is 9.32. The molecule has 0 saturated heterocycles. The zero-order chi connectivity index (χ0) is 34.2. The van der Waals surface area contributed by atoms with Crippen LogP contribution in [0.4, 0.5) is 0 Å². The largest absolute Gasteiger partial charge is 0.459 e. The van der Waals surface area contributed by atoms with Crippen molar-refractivity contribution < 1.29 is 23.9 Å². The van der Waals surface area contributed by atoms with Crippen LogP contribution in [0.3, 0.4) is 0 Å². The number of benzene rings is 1. The number of esters is 2. The second-order valence-electron chi connectivity index (χ2n) is 17.7. The number of carbonyl (C=O) groups excluding carboxylic acids is 3. The highest BCUT2D eigenvalue weighted by Crippen LogP contribution is 2.77. The minimum atomic E-state index is -0.463. The Morgan fingerprint density at radius 3 is 2.13 bits per heavy atom. The van der Waals surface area contributed by atoms with Crippen LogP contribution >= 0.6 is 0 Å². The Kier molecular flexibility index (Phi) is 8.57. The van der Waals surface area contributed by atoms with Crippen molar-refractivity contribution in [2.75, 3.05) is 0 Å². The Morgan fingerprint density at radius 2 is 1.49 bits per heavy atom. The summed E-state index contributed by atoms with van der Waals surface area (Å²) in [5.41, 5.74) is 1.75. The molecule has 5 aliphatic rings. The van der Waals surface area contributed by atoms with Gasteiger partial charge in [0.05, 0.1) is 5.41 Å². The summed E-state index contributed by atoms with van der Waals surface area (Å²) in [6, 6.07) is 10.3. The number of amides is 1. The molecule has 1 amide bonds. The predicted molar refractivity (Wildman–Crippen MR) is 184 cm³/mol. The zero-order valence-corrected chi connectivity index (χ0v) is 30.2. The van der Waals surface area contributed by atoms with Crippen molar-refractivity contribution in [3.63, 3.8) is 0 Å². The highest BCUT2D eigenvalue weighted by molar-refractivity contribution is 5.84. The molecule has 0 spiro atoms. The normalized spacial score (nSPS) is 43.3. The number of ether oxygens (including phenoxy) is 2. The van der Waals surface area contributed by atoms with Gasteiger partial charge in [-0.1, -0.05) is 77.1 Å². The van der Waals surface area contributed by atoms with Crippen LogP contribution in [0.5, 0.6) is 0 Å². The molecule has 0 unspecified atom stereocenters. The first kappa shape index (κ1) is 34.2. The summed E-state index contributed by atoms with van der Waals surface area (Å²) >= 11 is 0. The van der Waals surface area contributed by atoms with Gasteiger partial charge in [-0.05, 0) is 116 Å². The van der Waals surface area contributed by atoms with E-state index in [0.717, 1.165) is 56.9 Å². The van der Waals surface area contributed by atoms with Crippen LogP contribution in [0.25, 0.3) is 0 Å². The van der Waals surface area contributed by atoms with E-state index in [9.17, 15) is 14.4 Å². The minimum Gasteiger partial charge on any atom is -0.459 e. The van der Waals surface area contributed by atoms with Crippen molar-refractivity contribution >= 4 is 17.8 Å². The number of hydrogen-bond donors (Lipinski definition) is 1. The second kappa shape index (κ2) is 11.8. The van der Waals surface area contributed by atoms with E-state index in [1.165, 1.54) is 19.4 Å². The summed E-state index contributed by atoms with van der Waals surface area (Å²) in [5.74, 6) is 1.48. The topological polar surface area (TPSA) is 81.7 Å². The highest BCUT2D eigenvalue weighted by atomic mass is 16.6. The fraction of sp³-hybridized carbons (Fsp3) is 0.732. The number of carbonyl (C=O) groups is 3. The molecule has 0 bridgehead atoms. The van der Waals surface area contributed by atoms with Crippen LogP contribution in [0.15, 0.2) is 42.5 Å². The van der Waals surface area contributed by atoms with Gasteiger partial charge >= 0.3 is 11.9 Å². The summed E-state index contributed by atoms with van der Waals surface area (Å²) < 4.78 is 12.0. The van der Waals surface area contributed by atoms with Gasteiger partial charge < -0.3 is 14.8 Å². The van der Waals surface area contributed by atoms with Gasteiger partial charge in [-0.25, -0.2) is 0 Å². The first-order valence-electron chi connectivity index (χ1n) is 18.3. The van der Waals surface area contributed by atoms with E-state index in [0.29, 0.717) is 42.6 Å². The molecule has 0 heterocycles. The summed E-state index contributed by atoms with van der Waals surface area (Å²) in [4.78, 5) is 39.1. The second-order valence-corrected chi connectivity index (χ2v) is 17.7. The number of hydrogen-bond acceptors (Lipinski definition) is 5. The maximum atomic E-state index is 14.4. The monoisotopic (exact) mass is 645 g/mol. The standard InChI is InChI=1S/C41H59NO5/c1-25(2)29-17-20-41(36(45)42-24-28-13-11-10-12-14-28)22-21-39(8)30(34(29)41)15-16-33-38(7)23-31(46-26(3)43)35(47-27(4)44)37(5,6)32(38)18-19-40(33,39)9/h10-14,29-35H,1,15-24H2,2-9H3,(H,42,45)/t29-,30+,31-,32-,33+,34+,35-,38-,39+,40+,41-/m0/s1. The van der Waals surface area contributed by atoms with E-state index in [4.69, 9.17) is 9.47 Å². The number of allylic oxidation sites excluding steroid dienone is 1. The van der Waals surface area contributed by atoms with Crippen LogP contribution in [0, 0.1) is 56.7 Å². The van der Waals surface area contributed by atoms with Crippen LogP contribution in [-0.2, 0) is 30.4 Å². The summed E-state index contributed by atoms with van der Waals surface area (Å²) in [6.45, 7) is 22.3. The lowest BCUT2D eigenvalue weighted by Gasteiger charge is -2.73. The zero-order valence-electron chi connectivity index (χ0n) is 30.2. The molecule has 0 aliphatic heterocycles. The molecule has 1 aromatic carbocycles. The van der Waals surface area contributed by atoms with Crippen molar-refractivity contribution in [3.05, 3.63) is 48.0 Å². The van der Waals surface area contributed by atoms with Gasteiger partial charge in [-0.2, -0.15) is 0 Å². The molecular formula is C41H59NO5. The van der Waals surface area contributed by atoms with Gasteiger partial charge in [0.2, 0.25) is 5.91 Å². The maximum absolute atomic E-state index is 14.4. The minimum absolute atomic E-state index is 0.0706. The fourth-order valence-electron chi connectivity index (χ4n) is 13.3. The summed E-state index contributed by atoms with van der Waals surface area (Å²) in [6.07, 6.45) is 8.14. The van der Waals surface area contributed by atoms with Crippen LogP contribution < -0.4 is 5.32 Å². The molecule has 47 heavy (non-hydrogen) atoms. The molecule has 5 aliphatic carbocycles. The smallest absolute Gasteiger partial charge is 0.303 e. The average molecular weight is 646 g/mol. The third-order valence-electron chi connectivity index (χ3n) is 15.3. The Bertz CT molecular complexity index is 1420. The Morgan fingerprint density at radius 1 is 0.809 bits per heavy atom. The third-order valence-corrected chi connectivity index (χ3v) is 15.3. The SMILES string of the molecule is C=C(C)[C@@H]1CC[C@]2(C(=O)NCc3ccccc3)CC[C@]3(C)[C@H](CC[C@@H]4[C@@]5(C)C[C@H](OC(C)=O)[C@H](OC(C)=O)C(C)(C)[C@@H]5CC[C@]43C)[C@@H]12. The van der Waals surface area contributed by atoms with Crippen molar-refractivity contribution in [1.29, 1.82) is 0 Å². The number of nitrogens with one attached hydrogen (secondary N) is 1. The van der Waals surface area contributed by atoms with Crippen molar-refractivity contribution in [2.24, 2.45) is 56.7 Å². The van der Waals surface area contributed by atoms with Crippen molar-refractivity contribution in [2.45, 2.75) is 132 Å². The lowest BCUT2D eigenvalue weighted by molar-refractivity contribution is -0.267. The first-order chi connectivity index (χ1) is 22.0. The van der Waals surface area contributed by atoms with Crippen LogP contribution in [0.2, 0.25) is 0 Å². The summed E-state index contributed by atoms with van der Waals surface area (Å²) in [5, 5.41) is 3.41. The van der Waals surface area contributed by atoms with Gasteiger partial charge in [-0.15, -0.1) is 0 Å². The average Bonchev–Trinajstić information content (AvgIpc) is 3.40. The Balaban J connectivity index is 1.34. The molecule has 5 fully saturated rings. The van der Waals surface area contributed by atoms with Gasteiger partial charge in [-0.3, -0.25) is 14.4 Å². The van der Waals surface area contributed by atoms with E-state index in [1.807, 2.05) is 18.2 Å². The summed E-state index contributed by atoms with van der Waals surface area (Å²) in [7, 11) is 0. The quantitative estimate of drug-likeness (QED) is 0.248. The molecule has 0 radical (unpaired) electrons. The molecule has 6 rings (SSSR count). The number of fused-ring (bicyclic) bond motifs is 7. The Hall–Kier alpha value is -2.63. The van der Waals surface area contributed by atoms with Gasteiger partial charge in [0.25, 0.3) is 0 Å². The molecule has 6 heteroatoms. The van der Waals surface area contributed by atoms with Gasteiger partial charge in [0, 0.05) is 25.8 Å². The lowest BCUT2D eigenvalue weighted by Crippen LogP contribution is -2.69. The molecule has 258 valence electrons. The van der Waals surface area contributed by atoms with E-state index >= 15 is 0 Å². The highest BCUT2D eigenvalue weighted by Gasteiger charge is 2.73. The van der Waals surface area contributed by atoms with E-state index < -0.39 is 12.2 Å².